The highest BCUT2D eigenvalue weighted by molar-refractivity contribution is 5.93. The summed E-state index contributed by atoms with van der Waals surface area (Å²) in [5.74, 6) is 1.21. The maximum atomic E-state index is 8.67. The third-order valence-electron chi connectivity index (χ3n) is 2.54. The Balaban J connectivity index is 2.26. The molecule has 0 saturated carbocycles. The quantitative estimate of drug-likeness (QED) is 0.365. The summed E-state index contributed by atoms with van der Waals surface area (Å²) >= 11 is 0. The predicted octanol–water partition coefficient (Wildman–Crippen LogP) is 1.03. The molecular weight excluding hydrogens is 232 g/mol. The maximum absolute atomic E-state index is 8.67. The largest absolute Gasteiger partial charge is 0.497 e. The molecule has 0 spiro atoms. The minimum Gasteiger partial charge on any atom is -0.497 e. The van der Waals surface area contributed by atoms with Crippen LogP contribution in [0, 0.1) is 0 Å². The number of nitrogens with zero attached hydrogens (tertiary/aromatic N) is 3. The van der Waals surface area contributed by atoms with Gasteiger partial charge in [0, 0.05) is 18.9 Å². The van der Waals surface area contributed by atoms with Gasteiger partial charge in [0.05, 0.1) is 7.11 Å². The molecule has 0 bridgehead atoms. The molecule has 2 aromatic rings. The van der Waals surface area contributed by atoms with E-state index in [4.69, 9.17) is 15.7 Å². The Bertz CT molecular complexity index is 563. The summed E-state index contributed by atoms with van der Waals surface area (Å²) in [6, 6.07) is 7.69. The van der Waals surface area contributed by atoms with Crippen LogP contribution in [-0.2, 0) is 6.54 Å². The van der Waals surface area contributed by atoms with Gasteiger partial charge in [0.15, 0.2) is 5.82 Å². The van der Waals surface area contributed by atoms with Crippen molar-refractivity contribution in [3.63, 3.8) is 0 Å². The second kappa shape index (κ2) is 5.22. The van der Waals surface area contributed by atoms with Crippen molar-refractivity contribution in [2.75, 3.05) is 7.11 Å². The summed E-state index contributed by atoms with van der Waals surface area (Å²) in [5, 5.41) is 11.6. The fourth-order valence-corrected chi connectivity index (χ4v) is 1.68. The molecular formula is C12H14N4O2. The first-order valence-corrected chi connectivity index (χ1v) is 5.36. The van der Waals surface area contributed by atoms with Crippen molar-refractivity contribution in [3.8, 4) is 5.75 Å². The highest BCUT2D eigenvalue weighted by Crippen LogP contribution is 2.14. The first-order valence-electron chi connectivity index (χ1n) is 5.36. The molecule has 0 atom stereocenters. The zero-order valence-corrected chi connectivity index (χ0v) is 9.95. The molecule has 2 rings (SSSR count). The van der Waals surface area contributed by atoms with E-state index in [1.54, 1.807) is 24.1 Å². The number of imidazole rings is 1. The van der Waals surface area contributed by atoms with Crippen LogP contribution >= 0.6 is 0 Å². The van der Waals surface area contributed by atoms with E-state index in [0.29, 0.717) is 12.4 Å². The number of methoxy groups -OCH3 is 1. The van der Waals surface area contributed by atoms with E-state index in [0.717, 1.165) is 11.3 Å². The number of aromatic nitrogens is 2. The van der Waals surface area contributed by atoms with Crippen LogP contribution in [0.5, 0.6) is 5.75 Å². The molecule has 0 amide bonds. The third-order valence-corrected chi connectivity index (χ3v) is 2.54. The number of oxime groups is 1. The van der Waals surface area contributed by atoms with E-state index in [1.165, 1.54) is 0 Å². The zero-order chi connectivity index (χ0) is 13.0. The number of hydrogen-bond acceptors (Lipinski definition) is 4. The summed E-state index contributed by atoms with van der Waals surface area (Å²) < 4.78 is 6.96. The minimum atomic E-state index is -0.0112. The predicted molar refractivity (Wildman–Crippen MR) is 66.8 cm³/mol. The topological polar surface area (TPSA) is 85.7 Å². The van der Waals surface area contributed by atoms with Crippen molar-refractivity contribution < 1.29 is 9.94 Å². The van der Waals surface area contributed by atoms with Crippen LogP contribution in [0.15, 0.2) is 41.8 Å². The number of hydrogen-bond donors (Lipinski definition) is 2. The van der Waals surface area contributed by atoms with Crippen LogP contribution in [0.3, 0.4) is 0 Å². The standard InChI is InChI=1S/C12H14N4O2/c1-18-10-4-2-3-9(7-10)8-16-6-5-14-12(16)11(13)15-17/h2-7,17H,8H2,1H3,(H2,13,15). The van der Waals surface area contributed by atoms with Crippen LogP contribution in [0.1, 0.15) is 11.4 Å². The molecule has 0 saturated heterocycles. The molecule has 0 aliphatic heterocycles. The lowest BCUT2D eigenvalue weighted by Crippen LogP contribution is -2.19. The van der Waals surface area contributed by atoms with Crippen molar-refractivity contribution in [1.29, 1.82) is 0 Å². The second-order valence-corrected chi connectivity index (χ2v) is 3.72. The molecule has 0 radical (unpaired) electrons. The number of rotatable bonds is 4. The number of benzene rings is 1. The van der Waals surface area contributed by atoms with Crippen LogP contribution in [-0.4, -0.2) is 27.7 Å². The van der Waals surface area contributed by atoms with Crippen molar-refractivity contribution in [2.24, 2.45) is 10.9 Å². The fourth-order valence-electron chi connectivity index (χ4n) is 1.68. The Morgan fingerprint density at radius 3 is 3.11 bits per heavy atom. The van der Waals surface area contributed by atoms with Gasteiger partial charge in [-0.15, -0.1) is 0 Å². The van der Waals surface area contributed by atoms with Crippen molar-refractivity contribution in [1.82, 2.24) is 9.55 Å². The van der Waals surface area contributed by atoms with E-state index in [2.05, 4.69) is 10.1 Å². The van der Waals surface area contributed by atoms with Gasteiger partial charge in [-0.2, -0.15) is 0 Å². The van der Waals surface area contributed by atoms with Crippen LogP contribution < -0.4 is 10.5 Å². The molecule has 18 heavy (non-hydrogen) atoms. The molecule has 1 aromatic carbocycles. The molecule has 0 aliphatic rings. The summed E-state index contributed by atoms with van der Waals surface area (Å²) in [6.07, 6.45) is 3.38. The van der Waals surface area contributed by atoms with Crippen molar-refractivity contribution >= 4 is 5.84 Å². The first kappa shape index (κ1) is 12.0. The maximum Gasteiger partial charge on any atom is 0.206 e. The lowest BCUT2D eigenvalue weighted by atomic mass is 10.2. The van der Waals surface area contributed by atoms with Gasteiger partial charge in [0.2, 0.25) is 5.84 Å². The lowest BCUT2D eigenvalue weighted by molar-refractivity contribution is 0.318. The van der Waals surface area contributed by atoms with Crippen LogP contribution in [0.2, 0.25) is 0 Å². The van der Waals surface area contributed by atoms with Crippen molar-refractivity contribution in [3.05, 3.63) is 48.0 Å². The van der Waals surface area contributed by atoms with Crippen LogP contribution in [0.25, 0.3) is 0 Å². The average Bonchev–Trinajstić information content (AvgIpc) is 2.86. The average molecular weight is 246 g/mol. The molecule has 94 valence electrons. The number of ether oxygens (including phenoxy) is 1. The Hall–Kier alpha value is -2.50. The van der Waals surface area contributed by atoms with Gasteiger partial charge < -0.3 is 20.2 Å². The van der Waals surface area contributed by atoms with Gasteiger partial charge in [-0.3, -0.25) is 0 Å². The Morgan fingerprint density at radius 1 is 1.56 bits per heavy atom. The third kappa shape index (κ3) is 2.42. The van der Waals surface area contributed by atoms with Gasteiger partial charge in [0.25, 0.3) is 0 Å². The van der Waals surface area contributed by atoms with E-state index in [9.17, 15) is 0 Å². The zero-order valence-electron chi connectivity index (χ0n) is 9.95. The molecule has 3 N–H and O–H groups in total. The summed E-state index contributed by atoms with van der Waals surface area (Å²) in [4.78, 5) is 4.04. The molecule has 1 aromatic heterocycles. The van der Waals surface area contributed by atoms with Gasteiger partial charge in [-0.05, 0) is 17.7 Å². The molecule has 6 heteroatoms. The van der Waals surface area contributed by atoms with Gasteiger partial charge in [0.1, 0.15) is 5.75 Å². The molecule has 0 unspecified atom stereocenters. The Labute approximate surface area is 104 Å². The summed E-state index contributed by atoms with van der Waals surface area (Å²) in [5.41, 5.74) is 6.58. The minimum absolute atomic E-state index is 0.0112. The SMILES string of the molecule is COc1cccc(Cn2ccnc2C(N)=NO)c1. The number of nitrogens with two attached hydrogens (primary N) is 1. The fraction of sp³-hybridized carbons (Fsp3) is 0.167. The van der Waals surface area contributed by atoms with Gasteiger partial charge in [-0.1, -0.05) is 17.3 Å². The highest BCUT2D eigenvalue weighted by atomic mass is 16.5. The Kier molecular flexibility index (Phi) is 3.47. The molecule has 1 heterocycles. The van der Waals surface area contributed by atoms with E-state index in [1.807, 2.05) is 24.3 Å². The van der Waals surface area contributed by atoms with Crippen molar-refractivity contribution in [2.45, 2.75) is 6.54 Å². The first-order chi connectivity index (χ1) is 8.74. The van der Waals surface area contributed by atoms with E-state index < -0.39 is 0 Å². The monoisotopic (exact) mass is 246 g/mol. The van der Waals surface area contributed by atoms with E-state index in [-0.39, 0.29) is 5.84 Å². The van der Waals surface area contributed by atoms with Gasteiger partial charge >= 0.3 is 0 Å². The molecule has 0 fully saturated rings. The molecule has 6 nitrogen and oxygen atoms in total. The summed E-state index contributed by atoms with van der Waals surface area (Å²) in [6.45, 7) is 0.572. The smallest absolute Gasteiger partial charge is 0.206 e. The lowest BCUT2D eigenvalue weighted by Gasteiger charge is -2.08. The number of amidine groups is 1. The second-order valence-electron chi connectivity index (χ2n) is 3.72. The van der Waals surface area contributed by atoms with Crippen LogP contribution in [0.4, 0.5) is 0 Å². The van der Waals surface area contributed by atoms with Gasteiger partial charge in [-0.25, -0.2) is 4.98 Å². The Morgan fingerprint density at radius 2 is 2.39 bits per heavy atom. The summed E-state index contributed by atoms with van der Waals surface area (Å²) in [7, 11) is 1.62. The highest BCUT2D eigenvalue weighted by Gasteiger charge is 2.08. The normalized spacial score (nSPS) is 11.5. The molecule has 0 aliphatic carbocycles. The van der Waals surface area contributed by atoms with E-state index >= 15 is 0 Å².